The number of rotatable bonds is 3. The fourth-order valence-electron chi connectivity index (χ4n) is 2.47. The number of hydrogen-bond acceptors (Lipinski definition) is 2. The molecule has 1 fully saturated rings. The monoisotopic (exact) mass is 270 g/mol. The standard InChI is InChI=1S/C14H20ClFN2/c1-10(2)7-11-9-18(6-5-17-11)12-3-4-13(15)14(16)8-12/h3-4,8,10-11,17H,5-7,9H2,1-2H3. The fourth-order valence-corrected chi connectivity index (χ4v) is 2.59. The maximum Gasteiger partial charge on any atom is 0.143 e. The third-order valence-electron chi connectivity index (χ3n) is 3.28. The molecule has 4 heteroatoms. The lowest BCUT2D eigenvalue weighted by Crippen LogP contribution is -2.51. The van der Waals surface area contributed by atoms with Crippen molar-refractivity contribution in [3.63, 3.8) is 0 Å². The van der Waals surface area contributed by atoms with Crippen molar-refractivity contribution >= 4 is 17.3 Å². The number of hydrogen-bond donors (Lipinski definition) is 1. The molecular weight excluding hydrogens is 251 g/mol. The Morgan fingerprint density at radius 2 is 2.28 bits per heavy atom. The SMILES string of the molecule is CC(C)CC1CN(c2ccc(Cl)c(F)c2)CCN1. The summed E-state index contributed by atoms with van der Waals surface area (Å²) >= 11 is 5.71. The van der Waals surface area contributed by atoms with Crippen LogP contribution in [-0.4, -0.2) is 25.7 Å². The Kier molecular flexibility index (Phi) is 4.46. The molecule has 1 unspecified atom stereocenters. The molecule has 0 bridgehead atoms. The molecular formula is C14H20ClFN2. The van der Waals surface area contributed by atoms with Crippen LogP contribution < -0.4 is 10.2 Å². The molecule has 0 aliphatic carbocycles. The summed E-state index contributed by atoms with van der Waals surface area (Å²) in [7, 11) is 0. The van der Waals surface area contributed by atoms with Crippen molar-refractivity contribution in [2.45, 2.75) is 26.3 Å². The summed E-state index contributed by atoms with van der Waals surface area (Å²) in [5.74, 6) is 0.331. The van der Waals surface area contributed by atoms with Crippen LogP contribution in [0.1, 0.15) is 20.3 Å². The van der Waals surface area contributed by atoms with Crippen molar-refractivity contribution < 1.29 is 4.39 Å². The lowest BCUT2D eigenvalue weighted by atomic mass is 10.0. The zero-order valence-electron chi connectivity index (χ0n) is 10.9. The first-order valence-electron chi connectivity index (χ1n) is 6.49. The topological polar surface area (TPSA) is 15.3 Å². The zero-order chi connectivity index (χ0) is 13.1. The van der Waals surface area contributed by atoms with Crippen LogP contribution in [0.4, 0.5) is 10.1 Å². The molecule has 18 heavy (non-hydrogen) atoms. The molecule has 0 spiro atoms. The Bertz CT molecular complexity index is 409. The smallest absolute Gasteiger partial charge is 0.143 e. The Morgan fingerprint density at radius 3 is 2.94 bits per heavy atom. The fraction of sp³-hybridized carbons (Fsp3) is 0.571. The summed E-state index contributed by atoms with van der Waals surface area (Å²) in [6.07, 6.45) is 1.15. The summed E-state index contributed by atoms with van der Waals surface area (Å²) in [5, 5.41) is 3.70. The van der Waals surface area contributed by atoms with E-state index in [0.717, 1.165) is 31.7 Å². The van der Waals surface area contributed by atoms with Crippen LogP contribution in [0, 0.1) is 11.7 Å². The molecule has 1 aromatic carbocycles. The van der Waals surface area contributed by atoms with Crippen molar-refractivity contribution in [3.8, 4) is 0 Å². The van der Waals surface area contributed by atoms with Gasteiger partial charge in [0.2, 0.25) is 0 Å². The maximum absolute atomic E-state index is 13.5. The van der Waals surface area contributed by atoms with Gasteiger partial charge in [-0.15, -0.1) is 0 Å². The van der Waals surface area contributed by atoms with Gasteiger partial charge in [0, 0.05) is 31.4 Å². The van der Waals surface area contributed by atoms with E-state index in [0.29, 0.717) is 12.0 Å². The van der Waals surface area contributed by atoms with Crippen molar-refractivity contribution in [1.29, 1.82) is 0 Å². The zero-order valence-corrected chi connectivity index (χ0v) is 11.7. The third kappa shape index (κ3) is 3.36. The molecule has 2 rings (SSSR count). The van der Waals surface area contributed by atoms with E-state index in [1.54, 1.807) is 6.07 Å². The second-order valence-electron chi connectivity index (χ2n) is 5.33. The second kappa shape index (κ2) is 5.89. The minimum atomic E-state index is -0.340. The number of piperazine rings is 1. The van der Waals surface area contributed by atoms with E-state index >= 15 is 0 Å². The Labute approximate surface area is 113 Å². The molecule has 2 nitrogen and oxygen atoms in total. The number of halogens is 2. The summed E-state index contributed by atoms with van der Waals surface area (Å²) in [4.78, 5) is 2.23. The van der Waals surface area contributed by atoms with Gasteiger partial charge in [0.25, 0.3) is 0 Å². The average Bonchev–Trinajstić information content (AvgIpc) is 2.32. The number of nitrogens with zero attached hydrogens (tertiary/aromatic N) is 1. The first-order valence-corrected chi connectivity index (χ1v) is 6.87. The first-order chi connectivity index (χ1) is 8.56. The summed E-state index contributed by atoms with van der Waals surface area (Å²) < 4.78 is 13.5. The van der Waals surface area contributed by atoms with Crippen LogP contribution in [0.3, 0.4) is 0 Å². The molecule has 1 heterocycles. The summed E-state index contributed by atoms with van der Waals surface area (Å²) in [6, 6.07) is 5.53. The van der Waals surface area contributed by atoms with Crippen molar-refractivity contribution in [3.05, 3.63) is 29.0 Å². The van der Waals surface area contributed by atoms with Crippen LogP contribution in [0.15, 0.2) is 18.2 Å². The van der Waals surface area contributed by atoms with E-state index in [1.165, 1.54) is 6.07 Å². The highest BCUT2D eigenvalue weighted by atomic mass is 35.5. The first kappa shape index (κ1) is 13.6. The van der Waals surface area contributed by atoms with Crippen LogP contribution in [0.5, 0.6) is 0 Å². The minimum Gasteiger partial charge on any atom is -0.369 e. The van der Waals surface area contributed by atoms with Crippen LogP contribution in [0.2, 0.25) is 5.02 Å². The largest absolute Gasteiger partial charge is 0.369 e. The molecule has 100 valence electrons. The highest BCUT2D eigenvalue weighted by Gasteiger charge is 2.20. The molecule has 0 saturated carbocycles. The van der Waals surface area contributed by atoms with Gasteiger partial charge in [-0.25, -0.2) is 4.39 Å². The van der Waals surface area contributed by atoms with E-state index < -0.39 is 0 Å². The third-order valence-corrected chi connectivity index (χ3v) is 3.59. The lowest BCUT2D eigenvalue weighted by molar-refractivity contribution is 0.388. The number of anilines is 1. The van der Waals surface area contributed by atoms with Gasteiger partial charge in [-0.05, 0) is 30.5 Å². The van der Waals surface area contributed by atoms with Gasteiger partial charge in [0.1, 0.15) is 5.82 Å². The number of nitrogens with one attached hydrogen (secondary N) is 1. The van der Waals surface area contributed by atoms with E-state index in [2.05, 4.69) is 24.1 Å². The predicted molar refractivity (Wildman–Crippen MR) is 74.9 cm³/mol. The Morgan fingerprint density at radius 1 is 1.50 bits per heavy atom. The summed E-state index contributed by atoms with van der Waals surface area (Å²) in [6.45, 7) is 7.24. The lowest BCUT2D eigenvalue weighted by Gasteiger charge is -2.36. The van der Waals surface area contributed by atoms with E-state index in [-0.39, 0.29) is 10.8 Å². The van der Waals surface area contributed by atoms with Gasteiger partial charge in [0.15, 0.2) is 0 Å². The van der Waals surface area contributed by atoms with E-state index in [4.69, 9.17) is 11.6 Å². The van der Waals surface area contributed by atoms with E-state index in [1.807, 2.05) is 6.07 Å². The van der Waals surface area contributed by atoms with Crippen molar-refractivity contribution in [2.24, 2.45) is 5.92 Å². The van der Waals surface area contributed by atoms with E-state index in [9.17, 15) is 4.39 Å². The highest BCUT2D eigenvalue weighted by Crippen LogP contribution is 2.23. The van der Waals surface area contributed by atoms with Gasteiger partial charge < -0.3 is 10.2 Å². The molecule has 0 aromatic heterocycles. The molecule has 1 atom stereocenters. The number of benzene rings is 1. The van der Waals surface area contributed by atoms with Crippen LogP contribution in [-0.2, 0) is 0 Å². The van der Waals surface area contributed by atoms with Gasteiger partial charge in [0.05, 0.1) is 5.02 Å². The quantitative estimate of drug-likeness (QED) is 0.907. The minimum absolute atomic E-state index is 0.188. The van der Waals surface area contributed by atoms with Crippen LogP contribution in [0.25, 0.3) is 0 Å². The molecule has 1 N–H and O–H groups in total. The molecule has 0 radical (unpaired) electrons. The van der Waals surface area contributed by atoms with Crippen LogP contribution >= 0.6 is 11.6 Å². The predicted octanol–water partition coefficient (Wildman–Crippen LogP) is 3.30. The van der Waals surface area contributed by atoms with Crippen molar-refractivity contribution in [2.75, 3.05) is 24.5 Å². The second-order valence-corrected chi connectivity index (χ2v) is 5.73. The molecule has 1 aliphatic heterocycles. The van der Waals surface area contributed by atoms with Gasteiger partial charge in [-0.2, -0.15) is 0 Å². The van der Waals surface area contributed by atoms with Gasteiger partial charge in [-0.3, -0.25) is 0 Å². The summed E-state index contributed by atoms with van der Waals surface area (Å²) in [5.41, 5.74) is 0.923. The molecule has 0 amide bonds. The highest BCUT2D eigenvalue weighted by molar-refractivity contribution is 6.30. The Hall–Kier alpha value is -0.800. The van der Waals surface area contributed by atoms with Gasteiger partial charge in [-0.1, -0.05) is 25.4 Å². The Balaban J connectivity index is 2.05. The molecule has 1 aromatic rings. The maximum atomic E-state index is 13.5. The van der Waals surface area contributed by atoms with Crippen molar-refractivity contribution in [1.82, 2.24) is 5.32 Å². The average molecular weight is 271 g/mol. The van der Waals surface area contributed by atoms with Gasteiger partial charge >= 0.3 is 0 Å². The molecule has 1 saturated heterocycles. The normalized spacial score (nSPS) is 20.5. The molecule has 1 aliphatic rings.